The van der Waals surface area contributed by atoms with Crippen molar-refractivity contribution >= 4 is 16.7 Å². The van der Waals surface area contributed by atoms with Crippen molar-refractivity contribution in [1.82, 2.24) is 10.2 Å². The molecule has 2 heterocycles. The molecule has 0 spiro atoms. The molecule has 0 aromatic heterocycles. The molecule has 1 N–H and O–H groups in total. The van der Waals surface area contributed by atoms with Crippen molar-refractivity contribution in [3.05, 3.63) is 48.0 Å². The smallest absolute Gasteiger partial charge is 0.226 e. The van der Waals surface area contributed by atoms with Crippen molar-refractivity contribution in [3.8, 4) is 0 Å². The van der Waals surface area contributed by atoms with E-state index in [1.807, 2.05) is 0 Å². The molecule has 2 aromatic rings. The molecule has 2 atom stereocenters. The Bertz CT molecular complexity index is 698. The number of likely N-dealkylation sites (tertiary alicyclic amines) is 1. The molecular formula is C20H24N2O. The quantitative estimate of drug-likeness (QED) is 0.925. The first kappa shape index (κ1) is 14.7. The van der Waals surface area contributed by atoms with Crippen LogP contribution in [0.2, 0.25) is 0 Å². The normalized spacial score (nSPS) is 24.4. The third-order valence-corrected chi connectivity index (χ3v) is 5.54. The Kier molecular flexibility index (Phi) is 4.04. The zero-order valence-corrected chi connectivity index (χ0v) is 13.5. The van der Waals surface area contributed by atoms with Crippen molar-refractivity contribution in [2.45, 2.75) is 19.3 Å². The van der Waals surface area contributed by atoms with E-state index >= 15 is 0 Å². The lowest BCUT2D eigenvalue weighted by atomic mass is 9.92. The van der Waals surface area contributed by atoms with Gasteiger partial charge in [0.1, 0.15) is 0 Å². The van der Waals surface area contributed by atoms with Crippen molar-refractivity contribution in [2.75, 3.05) is 26.2 Å². The number of benzene rings is 2. The molecule has 1 amide bonds. The average molecular weight is 308 g/mol. The van der Waals surface area contributed by atoms with Crippen molar-refractivity contribution in [3.63, 3.8) is 0 Å². The Morgan fingerprint density at radius 2 is 1.70 bits per heavy atom. The Morgan fingerprint density at radius 3 is 2.43 bits per heavy atom. The van der Waals surface area contributed by atoms with Gasteiger partial charge in [0.15, 0.2) is 0 Å². The van der Waals surface area contributed by atoms with Crippen molar-refractivity contribution in [1.29, 1.82) is 0 Å². The Balaban J connectivity index is 1.44. The molecule has 2 aliphatic heterocycles. The lowest BCUT2D eigenvalue weighted by molar-refractivity contribution is -0.130. The maximum Gasteiger partial charge on any atom is 0.226 e. The van der Waals surface area contributed by atoms with Crippen LogP contribution < -0.4 is 5.32 Å². The molecule has 2 aromatic carbocycles. The summed E-state index contributed by atoms with van der Waals surface area (Å²) in [6.45, 7) is 4.12. The SMILES string of the molecule is O=C(Cc1ccc2ccccc2c1)N1CC[C@@H]2CNC[C@@H]2CC1. The Morgan fingerprint density at radius 1 is 1.00 bits per heavy atom. The van der Waals surface area contributed by atoms with Crippen LogP contribution in [0.4, 0.5) is 0 Å². The summed E-state index contributed by atoms with van der Waals surface area (Å²) >= 11 is 0. The number of nitrogens with one attached hydrogen (secondary N) is 1. The Labute approximate surface area is 137 Å². The molecule has 4 rings (SSSR count). The van der Waals surface area contributed by atoms with Gasteiger partial charge in [0.05, 0.1) is 6.42 Å². The summed E-state index contributed by atoms with van der Waals surface area (Å²) in [6, 6.07) is 14.7. The second kappa shape index (κ2) is 6.32. The fourth-order valence-electron chi connectivity index (χ4n) is 4.10. The van der Waals surface area contributed by atoms with Gasteiger partial charge in [0.2, 0.25) is 5.91 Å². The first-order valence-electron chi connectivity index (χ1n) is 8.76. The molecule has 2 saturated heterocycles. The zero-order chi connectivity index (χ0) is 15.6. The summed E-state index contributed by atoms with van der Waals surface area (Å²) in [6.07, 6.45) is 2.83. The number of hydrogen-bond donors (Lipinski definition) is 1. The first-order valence-corrected chi connectivity index (χ1v) is 8.76. The summed E-state index contributed by atoms with van der Waals surface area (Å²) in [4.78, 5) is 14.8. The number of amides is 1. The van der Waals surface area contributed by atoms with E-state index < -0.39 is 0 Å². The average Bonchev–Trinajstić information content (AvgIpc) is 2.93. The minimum absolute atomic E-state index is 0.285. The summed E-state index contributed by atoms with van der Waals surface area (Å²) in [5.74, 6) is 1.83. The fraction of sp³-hybridized carbons (Fsp3) is 0.450. The number of carbonyl (C=O) groups excluding carboxylic acids is 1. The Hall–Kier alpha value is -1.87. The highest BCUT2D eigenvalue weighted by Crippen LogP contribution is 2.27. The van der Waals surface area contributed by atoms with Gasteiger partial charge in [0, 0.05) is 13.1 Å². The fourth-order valence-corrected chi connectivity index (χ4v) is 4.10. The van der Waals surface area contributed by atoms with E-state index in [0.29, 0.717) is 6.42 Å². The van der Waals surface area contributed by atoms with Crippen LogP contribution in [-0.2, 0) is 11.2 Å². The predicted molar refractivity (Wildman–Crippen MR) is 93.3 cm³/mol. The molecule has 0 unspecified atom stereocenters. The summed E-state index contributed by atoms with van der Waals surface area (Å²) in [7, 11) is 0. The maximum absolute atomic E-state index is 12.7. The number of nitrogens with zero attached hydrogens (tertiary/aromatic N) is 1. The molecule has 0 aliphatic carbocycles. The number of fused-ring (bicyclic) bond motifs is 2. The van der Waals surface area contributed by atoms with Gasteiger partial charge >= 0.3 is 0 Å². The van der Waals surface area contributed by atoms with Gasteiger partial charge in [-0.1, -0.05) is 42.5 Å². The van der Waals surface area contributed by atoms with Gasteiger partial charge in [-0.25, -0.2) is 0 Å². The van der Waals surface area contributed by atoms with Crippen LogP contribution in [0, 0.1) is 11.8 Å². The van der Waals surface area contributed by atoms with Crippen molar-refractivity contribution in [2.24, 2.45) is 11.8 Å². The molecule has 120 valence electrons. The summed E-state index contributed by atoms with van der Waals surface area (Å²) in [5, 5.41) is 5.94. The van der Waals surface area contributed by atoms with Crippen molar-refractivity contribution < 1.29 is 4.79 Å². The zero-order valence-electron chi connectivity index (χ0n) is 13.5. The molecule has 0 radical (unpaired) electrons. The van der Waals surface area contributed by atoms with Gasteiger partial charge < -0.3 is 10.2 Å². The summed E-state index contributed by atoms with van der Waals surface area (Å²) in [5.41, 5.74) is 1.12. The predicted octanol–water partition coefficient (Wildman–Crippen LogP) is 2.84. The van der Waals surface area contributed by atoms with E-state index in [2.05, 4.69) is 52.7 Å². The largest absolute Gasteiger partial charge is 0.342 e. The number of rotatable bonds is 2. The molecule has 0 saturated carbocycles. The molecule has 3 heteroatoms. The highest BCUT2D eigenvalue weighted by molar-refractivity contribution is 5.85. The molecule has 3 nitrogen and oxygen atoms in total. The third-order valence-electron chi connectivity index (χ3n) is 5.54. The van der Waals surface area contributed by atoms with Crippen LogP contribution >= 0.6 is 0 Å². The minimum atomic E-state index is 0.285. The van der Waals surface area contributed by atoms with E-state index in [-0.39, 0.29) is 5.91 Å². The van der Waals surface area contributed by atoms with E-state index in [4.69, 9.17) is 0 Å². The monoisotopic (exact) mass is 308 g/mol. The van der Waals surface area contributed by atoms with Gasteiger partial charge in [-0.05, 0) is 54.1 Å². The molecule has 2 aliphatic rings. The van der Waals surface area contributed by atoms with Crippen LogP contribution in [0.1, 0.15) is 18.4 Å². The maximum atomic E-state index is 12.7. The lowest BCUT2D eigenvalue weighted by Crippen LogP contribution is -2.33. The van der Waals surface area contributed by atoms with E-state index in [1.165, 1.54) is 10.8 Å². The van der Waals surface area contributed by atoms with E-state index in [1.54, 1.807) is 0 Å². The van der Waals surface area contributed by atoms with Gasteiger partial charge in [-0.15, -0.1) is 0 Å². The van der Waals surface area contributed by atoms with Gasteiger partial charge in [0.25, 0.3) is 0 Å². The van der Waals surface area contributed by atoms with Crippen LogP contribution in [0.15, 0.2) is 42.5 Å². The topological polar surface area (TPSA) is 32.3 Å². The lowest BCUT2D eigenvalue weighted by Gasteiger charge is -2.21. The highest BCUT2D eigenvalue weighted by atomic mass is 16.2. The first-order chi connectivity index (χ1) is 11.3. The molecule has 23 heavy (non-hydrogen) atoms. The minimum Gasteiger partial charge on any atom is -0.342 e. The van der Waals surface area contributed by atoms with Crippen LogP contribution in [0.5, 0.6) is 0 Å². The summed E-state index contributed by atoms with van der Waals surface area (Å²) < 4.78 is 0. The van der Waals surface area contributed by atoms with Crippen LogP contribution in [0.25, 0.3) is 10.8 Å². The second-order valence-corrected chi connectivity index (χ2v) is 6.99. The van der Waals surface area contributed by atoms with E-state index in [0.717, 1.165) is 56.4 Å². The molecule has 0 bridgehead atoms. The highest BCUT2D eigenvalue weighted by Gasteiger charge is 2.31. The molecular weight excluding hydrogens is 284 g/mol. The van der Waals surface area contributed by atoms with E-state index in [9.17, 15) is 4.79 Å². The second-order valence-electron chi connectivity index (χ2n) is 6.99. The number of carbonyl (C=O) groups is 1. The third kappa shape index (κ3) is 3.11. The van der Waals surface area contributed by atoms with Crippen LogP contribution in [0.3, 0.4) is 0 Å². The van der Waals surface area contributed by atoms with Gasteiger partial charge in [-0.3, -0.25) is 4.79 Å². The van der Waals surface area contributed by atoms with Crippen LogP contribution in [-0.4, -0.2) is 37.0 Å². The standard InChI is InChI=1S/C20H24N2O/c23-20(22-9-7-18-13-21-14-19(18)8-10-22)12-15-5-6-16-3-1-2-4-17(16)11-15/h1-6,11,18-19,21H,7-10,12-14H2/t18-,19+. The van der Waals surface area contributed by atoms with Gasteiger partial charge in [-0.2, -0.15) is 0 Å². The number of hydrogen-bond acceptors (Lipinski definition) is 2. The molecule has 2 fully saturated rings.